The van der Waals surface area contributed by atoms with E-state index < -0.39 is 5.54 Å². The summed E-state index contributed by atoms with van der Waals surface area (Å²) in [5.41, 5.74) is 10.8. The van der Waals surface area contributed by atoms with Gasteiger partial charge in [0.25, 0.3) is 0 Å². The van der Waals surface area contributed by atoms with Crippen LogP contribution in [0.5, 0.6) is 0 Å². The van der Waals surface area contributed by atoms with Gasteiger partial charge < -0.3 is 21.7 Å². The van der Waals surface area contributed by atoms with Crippen molar-refractivity contribution >= 4 is 17.8 Å². The molecule has 8 heteroatoms. The van der Waals surface area contributed by atoms with Crippen LogP contribution in [0.1, 0.15) is 56.7 Å². The van der Waals surface area contributed by atoms with Gasteiger partial charge in [0.05, 0.1) is 0 Å². The SMILES string of the molecule is CNC1(C(N)=O)CCN(c2nc(N)nc(C3CCCCC3)n2)CC1. The van der Waals surface area contributed by atoms with Crippen LogP contribution in [0.2, 0.25) is 0 Å². The standard InChI is InChI=1S/C16H27N7O/c1-19-16(13(17)24)7-9-23(10-8-16)15-21-12(20-14(18)22-15)11-5-3-2-4-6-11/h11,19H,2-10H2,1H3,(H2,17,24)(H2,18,20,21,22). The number of carbonyl (C=O) groups excluding carboxylic acids is 1. The molecule has 1 saturated carbocycles. The molecule has 24 heavy (non-hydrogen) atoms. The lowest BCUT2D eigenvalue weighted by molar-refractivity contribution is -0.125. The first kappa shape index (κ1) is 16.9. The van der Waals surface area contributed by atoms with Crippen LogP contribution in [0.25, 0.3) is 0 Å². The molecule has 1 aromatic rings. The molecule has 1 aliphatic carbocycles. The van der Waals surface area contributed by atoms with Gasteiger partial charge in [-0.25, -0.2) is 0 Å². The third-order valence-electron chi connectivity index (χ3n) is 5.48. The maximum atomic E-state index is 11.7. The number of nitrogens with two attached hydrogens (primary N) is 2. The van der Waals surface area contributed by atoms with Crippen LogP contribution in [0.15, 0.2) is 0 Å². The van der Waals surface area contributed by atoms with Crippen LogP contribution in [-0.2, 0) is 4.79 Å². The number of nitrogens with zero attached hydrogens (tertiary/aromatic N) is 4. The highest BCUT2D eigenvalue weighted by Gasteiger charge is 2.39. The Morgan fingerprint density at radius 1 is 1.17 bits per heavy atom. The molecular formula is C16H27N7O. The van der Waals surface area contributed by atoms with Crippen molar-refractivity contribution in [2.45, 2.75) is 56.4 Å². The Bertz CT molecular complexity index is 592. The van der Waals surface area contributed by atoms with E-state index in [-0.39, 0.29) is 11.9 Å². The highest BCUT2D eigenvalue weighted by molar-refractivity contribution is 5.85. The Balaban J connectivity index is 1.76. The highest BCUT2D eigenvalue weighted by atomic mass is 16.1. The fourth-order valence-electron chi connectivity index (χ4n) is 3.79. The van der Waals surface area contributed by atoms with E-state index in [4.69, 9.17) is 11.5 Å². The van der Waals surface area contributed by atoms with E-state index in [0.29, 0.717) is 37.8 Å². The van der Waals surface area contributed by atoms with Crippen LogP contribution in [0, 0.1) is 0 Å². The van der Waals surface area contributed by atoms with Gasteiger partial charge in [0, 0.05) is 19.0 Å². The summed E-state index contributed by atoms with van der Waals surface area (Å²) in [6.07, 6.45) is 7.22. The fraction of sp³-hybridized carbons (Fsp3) is 0.750. The van der Waals surface area contributed by atoms with E-state index >= 15 is 0 Å². The molecule has 0 bridgehead atoms. The number of amides is 1. The number of hydrogen-bond acceptors (Lipinski definition) is 7. The zero-order valence-corrected chi connectivity index (χ0v) is 14.3. The number of nitrogens with one attached hydrogen (secondary N) is 1. The smallest absolute Gasteiger partial charge is 0.237 e. The van der Waals surface area contributed by atoms with Gasteiger partial charge in [-0.2, -0.15) is 15.0 Å². The lowest BCUT2D eigenvalue weighted by Gasteiger charge is -2.39. The van der Waals surface area contributed by atoms with Gasteiger partial charge in [-0.3, -0.25) is 4.79 Å². The minimum absolute atomic E-state index is 0.279. The van der Waals surface area contributed by atoms with Crippen LogP contribution < -0.4 is 21.7 Å². The number of primary amides is 1. The summed E-state index contributed by atoms with van der Waals surface area (Å²) in [5, 5.41) is 3.08. The Kier molecular flexibility index (Phi) is 4.84. The summed E-state index contributed by atoms with van der Waals surface area (Å²) >= 11 is 0. The number of rotatable bonds is 4. The molecule has 0 radical (unpaired) electrons. The van der Waals surface area contributed by atoms with Crippen LogP contribution in [0.3, 0.4) is 0 Å². The van der Waals surface area contributed by atoms with Crippen LogP contribution in [0.4, 0.5) is 11.9 Å². The summed E-state index contributed by atoms with van der Waals surface area (Å²) in [7, 11) is 1.78. The first-order chi connectivity index (χ1) is 11.5. The number of likely N-dealkylation sites (N-methyl/N-ethyl adjacent to an activating group) is 1. The summed E-state index contributed by atoms with van der Waals surface area (Å²) in [6, 6.07) is 0. The Labute approximate surface area is 142 Å². The Morgan fingerprint density at radius 2 is 1.83 bits per heavy atom. The second-order valence-electron chi connectivity index (χ2n) is 6.87. The van der Waals surface area contributed by atoms with Gasteiger partial charge in [-0.15, -0.1) is 0 Å². The van der Waals surface area contributed by atoms with Crippen molar-refractivity contribution in [2.75, 3.05) is 30.8 Å². The van der Waals surface area contributed by atoms with Crippen molar-refractivity contribution in [1.82, 2.24) is 20.3 Å². The molecule has 3 rings (SSSR count). The van der Waals surface area contributed by atoms with E-state index in [1.165, 1.54) is 19.3 Å². The molecule has 1 amide bonds. The Morgan fingerprint density at radius 3 is 2.42 bits per heavy atom. The lowest BCUT2D eigenvalue weighted by atomic mass is 9.87. The van der Waals surface area contributed by atoms with Crippen molar-refractivity contribution in [2.24, 2.45) is 5.73 Å². The van der Waals surface area contributed by atoms with E-state index in [1.807, 2.05) is 0 Å². The van der Waals surface area contributed by atoms with Gasteiger partial charge in [-0.05, 0) is 32.7 Å². The molecule has 2 fully saturated rings. The predicted molar refractivity (Wildman–Crippen MR) is 92.5 cm³/mol. The first-order valence-corrected chi connectivity index (χ1v) is 8.79. The minimum Gasteiger partial charge on any atom is -0.368 e. The molecule has 0 spiro atoms. The summed E-state index contributed by atoms with van der Waals surface area (Å²) in [4.78, 5) is 27.2. The molecule has 1 saturated heterocycles. The summed E-state index contributed by atoms with van der Waals surface area (Å²) in [5.74, 6) is 1.80. The van der Waals surface area contributed by atoms with Gasteiger partial charge in [0.2, 0.25) is 17.8 Å². The predicted octanol–water partition coefficient (Wildman–Crippen LogP) is 0.545. The third kappa shape index (κ3) is 3.28. The first-order valence-electron chi connectivity index (χ1n) is 8.79. The molecule has 8 nitrogen and oxygen atoms in total. The lowest BCUT2D eigenvalue weighted by Crippen LogP contribution is -2.60. The summed E-state index contributed by atoms with van der Waals surface area (Å²) in [6.45, 7) is 1.33. The fourth-order valence-corrected chi connectivity index (χ4v) is 3.79. The maximum absolute atomic E-state index is 11.7. The molecule has 0 aromatic carbocycles. The number of piperidine rings is 1. The average Bonchev–Trinajstić information content (AvgIpc) is 2.62. The second kappa shape index (κ2) is 6.88. The number of hydrogen-bond donors (Lipinski definition) is 3. The largest absolute Gasteiger partial charge is 0.368 e. The van der Waals surface area contributed by atoms with Gasteiger partial charge in [0.15, 0.2) is 0 Å². The van der Waals surface area contributed by atoms with E-state index in [0.717, 1.165) is 18.7 Å². The molecule has 1 aromatic heterocycles. The van der Waals surface area contributed by atoms with Crippen molar-refractivity contribution in [1.29, 1.82) is 0 Å². The highest BCUT2D eigenvalue weighted by Crippen LogP contribution is 2.32. The van der Waals surface area contributed by atoms with Crippen LogP contribution in [-0.4, -0.2) is 46.5 Å². The summed E-state index contributed by atoms with van der Waals surface area (Å²) < 4.78 is 0. The van der Waals surface area contributed by atoms with Gasteiger partial charge in [0.1, 0.15) is 11.4 Å². The molecule has 0 unspecified atom stereocenters. The van der Waals surface area contributed by atoms with E-state index in [9.17, 15) is 4.79 Å². The molecule has 2 aliphatic rings. The third-order valence-corrected chi connectivity index (χ3v) is 5.48. The molecule has 2 heterocycles. The Hall–Kier alpha value is -1.96. The molecule has 132 valence electrons. The normalized spacial score (nSPS) is 21.6. The van der Waals surface area contributed by atoms with Crippen molar-refractivity contribution < 1.29 is 4.79 Å². The molecular weight excluding hydrogens is 306 g/mol. The zero-order valence-electron chi connectivity index (χ0n) is 14.3. The minimum atomic E-state index is -0.638. The van der Waals surface area contributed by atoms with Crippen LogP contribution >= 0.6 is 0 Å². The topological polar surface area (TPSA) is 123 Å². The monoisotopic (exact) mass is 333 g/mol. The molecule has 0 atom stereocenters. The average molecular weight is 333 g/mol. The zero-order chi connectivity index (χ0) is 17.2. The molecule has 1 aliphatic heterocycles. The molecule has 5 N–H and O–H groups in total. The quantitative estimate of drug-likeness (QED) is 0.735. The van der Waals surface area contributed by atoms with Crippen molar-refractivity contribution in [3.05, 3.63) is 5.82 Å². The number of nitrogen functional groups attached to an aromatic ring is 1. The van der Waals surface area contributed by atoms with E-state index in [2.05, 4.69) is 25.2 Å². The number of carbonyl (C=O) groups is 1. The number of anilines is 2. The van der Waals surface area contributed by atoms with Crippen molar-refractivity contribution in [3.8, 4) is 0 Å². The maximum Gasteiger partial charge on any atom is 0.237 e. The number of aromatic nitrogens is 3. The van der Waals surface area contributed by atoms with E-state index in [1.54, 1.807) is 7.05 Å². The van der Waals surface area contributed by atoms with Gasteiger partial charge >= 0.3 is 0 Å². The van der Waals surface area contributed by atoms with Crippen molar-refractivity contribution in [3.63, 3.8) is 0 Å². The van der Waals surface area contributed by atoms with Gasteiger partial charge in [-0.1, -0.05) is 19.3 Å². The second-order valence-corrected chi connectivity index (χ2v) is 6.87.